The Bertz CT molecular complexity index is 494. The number of hydrogen-bond donors (Lipinski definition) is 1. The number of allylic oxidation sites excluding steroid dienone is 11. The molecule has 1 nitrogen and oxygen atoms in total. The molecule has 0 saturated carbocycles. The maximum atomic E-state index is 5.62. The van der Waals surface area contributed by atoms with Crippen LogP contribution in [0.25, 0.3) is 0 Å². The van der Waals surface area contributed by atoms with Crippen LogP contribution in [0.15, 0.2) is 70.9 Å². The van der Waals surface area contributed by atoms with Gasteiger partial charge in [-0.1, -0.05) is 48.6 Å². The van der Waals surface area contributed by atoms with Gasteiger partial charge in [-0.15, -0.1) is 0 Å². The fourth-order valence-electron chi connectivity index (χ4n) is 2.60. The van der Waals surface area contributed by atoms with E-state index in [1.54, 1.807) is 0 Å². The first-order chi connectivity index (χ1) is 7.88. The van der Waals surface area contributed by atoms with Crippen molar-refractivity contribution in [1.82, 2.24) is 0 Å². The average molecular weight is 209 g/mol. The number of rotatable bonds is 2. The molecule has 0 heterocycles. The summed E-state index contributed by atoms with van der Waals surface area (Å²) in [5, 5.41) is 0. The van der Waals surface area contributed by atoms with Gasteiger partial charge in [-0.25, -0.2) is 0 Å². The summed E-state index contributed by atoms with van der Waals surface area (Å²) < 4.78 is 0. The van der Waals surface area contributed by atoms with Gasteiger partial charge in [0.15, 0.2) is 0 Å². The van der Waals surface area contributed by atoms with E-state index in [9.17, 15) is 0 Å². The summed E-state index contributed by atoms with van der Waals surface area (Å²) in [7, 11) is 0. The van der Waals surface area contributed by atoms with Gasteiger partial charge in [-0.2, -0.15) is 0 Å². The predicted octanol–water partition coefficient (Wildman–Crippen LogP) is 2.81. The van der Waals surface area contributed by atoms with Gasteiger partial charge in [0, 0.05) is 5.92 Å². The van der Waals surface area contributed by atoms with E-state index in [2.05, 4.69) is 48.6 Å². The summed E-state index contributed by atoms with van der Waals surface area (Å²) in [6, 6.07) is 0. The monoisotopic (exact) mass is 209 g/mol. The van der Waals surface area contributed by atoms with Crippen LogP contribution in [0.3, 0.4) is 0 Å². The van der Waals surface area contributed by atoms with E-state index in [1.807, 2.05) is 0 Å². The molecule has 0 amide bonds. The van der Waals surface area contributed by atoms with Crippen molar-refractivity contribution in [3.05, 3.63) is 70.9 Å². The van der Waals surface area contributed by atoms with Crippen molar-refractivity contribution in [3.8, 4) is 0 Å². The van der Waals surface area contributed by atoms with E-state index < -0.39 is 0 Å². The second kappa shape index (κ2) is 3.76. The lowest BCUT2D eigenvalue weighted by atomic mass is 9.74. The molecule has 1 heteroatoms. The van der Waals surface area contributed by atoms with Crippen molar-refractivity contribution in [3.63, 3.8) is 0 Å². The zero-order valence-electron chi connectivity index (χ0n) is 9.19. The molecule has 0 aromatic rings. The van der Waals surface area contributed by atoms with Gasteiger partial charge in [0.2, 0.25) is 0 Å². The molecule has 0 radical (unpaired) electrons. The zero-order chi connectivity index (χ0) is 11.0. The standard InChI is InChI=1S/C15H15N/c16-8-7-11-9-13-5-1-3-12-4-2-6-14(10-11)15(12)13/h1-6,9-10,15H,7-8,16H2. The van der Waals surface area contributed by atoms with E-state index in [4.69, 9.17) is 5.73 Å². The van der Waals surface area contributed by atoms with Crippen molar-refractivity contribution in [1.29, 1.82) is 0 Å². The minimum atomic E-state index is 0.469. The van der Waals surface area contributed by atoms with E-state index in [1.165, 1.54) is 22.3 Å². The highest BCUT2D eigenvalue weighted by atomic mass is 14.5. The molecule has 1 atom stereocenters. The van der Waals surface area contributed by atoms with Crippen LogP contribution in [0, 0.1) is 5.92 Å². The quantitative estimate of drug-likeness (QED) is 0.743. The smallest absolute Gasteiger partial charge is 0.0340 e. The van der Waals surface area contributed by atoms with E-state index in [0.29, 0.717) is 5.92 Å². The maximum absolute atomic E-state index is 5.62. The summed E-state index contributed by atoms with van der Waals surface area (Å²) in [6.45, 7) is 0.718. The first-order valence-electron chi connectivity index (χ1n) is 5.77. The first kappa shape index (κ1) is 9.61. The minimum absolute atomic E-state index is 0.469. The highest BCUT2D eigenvalue weighted by Crippen LogP contribution is 2.40. The van der Waals surface area contributed by atoms with Crippen LogP contribution in [-0.2, 0) is 0 Å². The molecule has 80 valence electrons. The van der Waals surface area contributed by atoms with E-state index in [-0.39, 0.29) is 0 Å². The molecule has 3 aliphatic carbocycles. The van der Waals surface area contributed by atoms with Crippen molar-refractivity contribution in [2.45, 2.75) is 6.42 Å². The third-order valence-corrected chi connectivity index (χ3v) is 3.29. The largest absolute Gasteiger partial charge is 0.330 e. The topological polar surface area (TPSA) is 26.0 Å². The molecule has 0 bridgehead atoms. The van der Waals surface area contributed by atoms with Gasteiger partial charge in [0.05, 0.1) is 0 Å². The molecule has 1 unspecified atom stereocenters. The molecule has 3 aliphatic rings. The normalized spacial score (nSPS) is 25.4. The second-order valence-corrected chi connectivity index (χ2v) is 4.39. The number of hydrogen-bond acceptors (Lipinski definition) is 1. The third kappa shape index (κ3) is 1.44. The summed E-state index contributed by atoms with van der Waals surface area (Å²) in [5.74, 6) is 0.469. The van der Waals surface area contributed by atoms with Crippen LogP contribution >= 0.6 is 0 Å². The lowest BCUT2D eigenvalue weighted by Crippen LogP contribution is -2.16. The maximum Gasteiger partial charge on any atom is 0.0340 e. The Morgan fingerprint density at radius 3 is 2.50 bits per heavy atom. The van der Waals surface area contributed by atoms with Crippen molar-refractivity contribution < 1.29 is 0 Å². The van der Waals surface area contributed by atoms with Crippen molar-refractivity contribution in [2.75, 3.05) is 6.54 Å². The number of nitrogens with two attached hydrogens (primary N) is 1. The van der Waals surface area contributed by atoms with E-state index >= 15 is 0 Å². The minimum Gasteiger partial charge on any atom is -0.330 e. The van der Waals surface area contributed by atoms with Gasteiger partial charge in [-0.05, 0) is 35.3 Å². The van der Waals surface area contributed by atoms with Gasteiger partial charge < -0.3 is 5.73 Å². The third-order valence-electron chi connectivity index (χ3n) is 3.29. The molecular formula is C15H15N. The van der Waals surface area contributed by atoms with Crippen LogP contribution in [-0.4, -0.2) is 6.54 Å². The highest BCUT2D eigenvalue weighted by Gasteiger charge is 2.25. The molecule has 3 rings (SSSR count). The highest BCUT2D eigenvalue weighted by molar-refractivity contribution is 5.59. The van der Waals surface area contributed by atoms with Gasteiger partial charge in [-0.3, -0.25) is 0 Å². The predicted molar refractivity (Wildman–Crippen MR) is 67.8 cm³/mol. The molecule has 0 aromatic carbocycles. The van der Waals surface area contributed by atoms with E-state index in [0.717, 1.165) is 13.0 Å². The van der Waals surface area contributed by atoms with Crippen molar-refractivity contribution >= 4 is 0 Å². The molecule has 0 saturated heterocycles. The van der Waals surface area contributed by atoms with Gasteiger partial charge in [0.25, 0.3) is 0 Å². The first-order valence-corrected chi connectivity index (χ1v) is 5.77. The van der Waals surface area contributed by atoms with Crippen LogP contribution in [0.5, 0.6) is 0 Å². The Labute approximate surface area is 96.0 Å². The zero-order valence-corrected chi connectivity index (χ0v) is 9.19. The Hall–Kier alpha value is -1.60. The average Bonchev–Trinajstić information content (AvgIpc) is 2.30. The lowest BCUT2D eigenvalue weighted by molar-refractivity contribution is 0.853. The summed E-state index contributed by atoms with van der Waals surface area (Å²) >= 11 is 0. The fraction of sp³-hybridized carbons (Fsp3) is 0.200. The van der Waals surface area contributed by atoms with Crippen LogP contribution in [0.1, 0.15) is 6.42 Å². The molecule has 0 aromatic heterocycles. The molecule has 0 spiro atoms. The summed E-state index contributed by atoms with van der Waals surface area (Å²) in [4.78, 5) is 0. The van der Waals surface area contributed by atoms with Crippen molar-refractivity contribution in [2.24, 2.45) is 11.7 Å². The second-order valence-electron chi connectivity index (χ2n) is 4.39. The molecule has 16 heavy (non-hydrogen) atoms. The van der Waals surface area contributed by atoms with Crippen LogP contribution < -0.4 is 5.73 Å². The molecule has 2 N–H and O–H groups in total. The summed E-state index contributed by atoms with van der Waals surface area (Å²) in [6.07, 6.45) is 18.6. The Morgan fingerprint density at radius 2 is 1.69 bits per heavy atom. The summed E-state index contributed by atoms with van der Waals surface area (Å²) in [5.41, 5.74) is 11.2. The SMILES string of the molecule is NCCC1=CC2=CC=CC3=CC=CC(=C1)C32. The Balaban J connectivity index is 2.07. The van der Waals surface area contributed by atoms with Crippen LogP contribution in [0.2, 0.25) is 0 Å². The van der Waals surface area contributed by atoms with Gasteiger partial charge >= 0.3 is 0 Å². The fourth-order valence-corrected chi connectivity index (χ4v) is 2.60. The lowest BCUT2D eigenvalue weighted by Gasteiger charge is -2.29. The molecule has 0 fully saturated rings. The Kier molecular flexibility index (Phi) is 2.26. The molecule has 0 aliphatic heterocycles. The molecular weight excluding hydrogens is 194 g/mol. The van der Waals surface area contributed by atoms with Crippen LogP contribution in [0.4, 0.5) is 0 Å². The Morgan fingerprint density at radius 1 is 0.938 bits per heavy atom. The van der Waals surface area contributed by atoms with Gasteiger partial charge in [0.1, 0.15) is 0 Å².